The van der Waals surface area contributed by atoms with Crippen LogP contribution < -0.4 is 5.32 Å². The molecule has 0 aromatic heterocycles. The van der Waals surface area contributed by atoms with Crippen molar-refractivity contribution in [1.29, 1.82) is 0 Å². The summed E-state index contributed by atoms with van der Waals surface area (Å²) >= 11 is 0. The highest BCUT2D eigenvalue weighted by Gasteiger charge is 2.18. The zero-order valence-corrected chi connectivity index (χ0v) is 12.3. The van der Waals surface area contributed by atoms with Crippen molar-refractivity contribution in [3.63, 3.8) is 0 Å². The quantitative estimate of drug-likeness (QED) is 0.778. The molecule has 110 valence electrons. The second-order valence-corrected chi connectivity index (χ2v) is 6.07. The monoisotopic (exact) mass is 275 g/mol. The Morgan fingerprint density at radius 1 is 1.35 bits per heavy atom. The van der Waals surface area contributed by atoms with Crippen LogP contribution in [0.4, 0.5) is 0 Å². The topological polar surface area (TPSA) is 49.3 Å². The third-order valence-electron chi connectivity index (χ3n) is 4.34. The maximum atomic E-state index is 11.1. The van der Waals surface area contributed by atoms with E-state index in [0.717, 1.165) is 23.9 Å². The Bertz CT molecular complexity index is 444. The molecule has 3 heteroatoms. The molecule has 0 bridgehead atoms. The predicted octanol–water partition coefficient (Wildman–Crippen LogP) is 3.69. The maximum Gasteiger partial charge on any atom is 0.336 e. The van der Waals surface area contributed by atoms with Crippen LogP contribution in [0.3, 0.4) is 0 Å². The first-order valence-electron chi connectivity index (χ1n) is 7.68. The van der Waals surface area contributed by atoms with Crippen LogP contribution in [0, 0.1) is 11.8 Å². The Kier molecular flexibility index (Phi) is 5.60. The van der Waals surface area contributed by atoms with Gasteiger partial charge in [-0.2, -0.15) is 0 Å². The zero-order valence-electron chi connectivity index (χ0n) is 12.3. The minimum atomic E-state index is -0.844. The summed E-state index contributed by atoms with van der Waals surface area (Å²) < 4.78 is 0. The van der Waals surface area contributed by atoms with Crippen molar-refractivity contribution in [2.75, 3.05) is 6.54 Å². The van der Waals surface area contributed by atoms with Gasteiger partial charge in [0.05, 0.1) is 5.56 Å². The molecule has 1 aromatic rings. The molecule has 0 aliphatic heterocycles. The lowest BCUT2D eigenvalue weighted by atomic mass is 9.81. The molecule has 0 heterocycles. The molecule has 0 amide bonds. The van der Waals surface area contributed by atoms with Crippen LogP contribution in [0.2, 0.25) is 0 Å². The minimum Gasteiger partial charge on any atom is -0.478 e. The number of nitrogens with one attached hydrogen (secondary N) is 1. The fourth-order valence-corrected chi connectivity index (χ4v) is 3.23. The lowest BCUT2D eigenvalue weighted by Gasteiger charge is -2.26. The van der Waals surface area contributed by atoms with Gasteiger partial charge in [-0.05, 0) is 42.9 Å². The largest absolute Gasteiger partial charge is 0.478 e. The number of carbonyl (C=O) groups is 1. The summed E-state index contributed by atoms with van der Waals surface area (Å²) in [6.07, 6.45) is 6.67. The number of carboxylic acid groups (broad SMARTS) is 1. The van der Waals surface area contributed by atoms with Gasteiger partial charge in [-0.1, -0.05) is 44.4 Å². The first-order chi connectivity index (χ1) is 9.66. The number of benzene rings is 1. The summed E-state index contributed by atoms with van der Waals surface area (Å²) in [7, 11) is 0. The molecule has 2 N–H and O–H groups in total. The highest BCUT2D eigenvalue weighted by molar-refractivity contribution is 5.89. The summed E-state index contributed by atoms with van der Waals surface area (Å²) in [6.45, 7) is 3.97. The molecule has 3 nitrogen and oxygen atoms in total. The van der Waals surface area contributed by atoms with Gasteiger partial charge in [0, 0.05) is 6.54 Å². The normalized spacial score (nSPS) is 22.6. The molecular weight excluding hydrogens is 250 g/mol. The summed E-state index contributed by atoms with van der Waals surface area (Å²) in [5.41, 5.74) is 1.28. The van der Waals surface area contributed by atoms with Crippen LogP contribution >= 0.6 is 0 Å². The zero-order chi connectivity index (χ0) is 14.4. The van der Waals surface area contributed by atoms with Crippen molar-refractivity contribution >= 4 is 5.97 Å². The fraction of sp³-hybridized carbons (Fsp3) is 0.588. The molecule has 1 aliphatic carbocycles. The average molecular weight is 275 g/mol. The standard InChI is InChI=1S/C17H25NO2/c1-13-5-4-6-14(11-13)9-10-18-12-15-7-2-3-8-16(15)17(19)20/h2-3,7-8,13-14,18H,4-6,9-12H2,1H3,(H,19,20). The van der Waals surface area contributed by atoms with Crippen molar-refractivity contribution in [1.82, 2.24) is 5.32 Å². The molecule has 0 radical (unpaired) electrons. The van der Waals surface area contributed by atoms with E-state index in [0.29, 0.717) is 12.1 Å². The van der Waals surface area contributed by atoms with E-state index in [9.17, 15) is 4.79 Å². The molecule has 1 fully saturated rings. The molecule has 1 aliphatic rings. The number of hydrogen-bond acceptors (Lipinski definition) is 2. The van der Waals surface area contributed by atoms with Crippen molar-refractivity contribution in [2.24, 2.45) is 11.8 Å². The van der Waals surface area contributed by atoms with E-state index in [1.807, 2.05) is 12.1 Å². The van der Waals surface area contributed by atoms with E-state index in [2.05, 4.69) is 12.2 Å². The van der Waals surface area contributed by atoms with Crippen molar-refractivity contribution in [3.05, 3.63) is 35.4 Å². The van der Waals surface area contributed by atoms with Crippen LogP contribution in [-0.4, -0.2) is 17.6 Å². The van der Waals surface area contributed by atoms with Crippen molar-refractivity contribution in [2.45, 2.75) is 45.6 Å². The molecule has 20 heavy (non-hydrogen) atoms. The molecule has 0 spiro atoms. The fourth-order valence-electron chi connectivity index (χ4n) is 3.23. The molecule has 2 atom stereocenters. The minimum absolute atomic E-state index is 0.409. The van der Waals surface area contributed by atoms with Gasteiger partial charge in [0.15, 0.2) is 0 Å². The first-order valence-corrected chi connectivity index (χ1v) is 7.68. The van der Waals surface area contributed by atoms with Gasteiger partial charge in [-0.3, -0.25) is 0 Å². The Morgan fingerprint density at radius 3 is 2.90 bits per heavy atom. The van der Waals surface area contributed by atoms with E-state index in [1.54, 1.807) is 12.1 Å². The first kappa shape index (κ1) is 15.0. The summed E-state index contributed by atoms with van der Waals surface area (Å²) in [5, 5.41) is 12.5. The van der Waals surface area contributed by atoms with Crippen LogP contribution in [0.5, 0.6) is 0 Å². The highest BCUT2D eigenvalue weighted by Crippen LogP contribution is 2.30. The van der Waals surface area contributed by atoms with E-state index >= 15 is 0 Å². The second kappa shape index (κ2) is 7.44. The van der Waals surface area contributed by atoms with Gasteiger partial charge >= 0.3 is 5.97 Å². The van der Waals surface area contributed by atoms with Gasteiger partial charge in [-0.25, -0.2) is 4.79 Å². The Morgan fingerprint density at radius 2 is 2.15 bits per heavy atom. The third kappa shape index (κ3) is 4.34. The molecule has 2 rings (SSSR count). The van der Waals surface area contributed by atoms with E-state index < -0.39 is 5.97 Å². The Hall–Kier alpha value is -1.35. The van der Waals surface area contributed by atoms with Crippen molar-refractivity contribution < 1.29 is 9.90 Å². The number of carboxylic acids is 1. The highest BCUT2D eigenvalue weighted by atomic mass is 16.4. The van der Waals surface area contributed by atoms with Crippen LogP contribution in [0.15, 0.2) is 24.3 Å². The molecule has 2 unspecified atom stereocenters. The van der Waals surface area contributed by atoms with Gasteiger partial charge in [0.2, 0.25) is 0 Å². The van der Waals surface area contributed by atoms with E-state index in [-0.39, 0.29) is 0 Å². The van der Waals surface area contributed by atoms with Gasteiger partial charge < -0.3 is 10.4 Å². The molecular formula is C17H25NO2. The van der Waals surface area contributed by atoms with Crippen LogP contribution in [-0.2, 0) is 6.54 Å². The Labute approximate surface area is 121 Å². The maximum absolute atomic E-state index is 11.1. The summed E-state index contributed by atoms with van der Waals surface area (Å²) in [6, 6.07) is 7.23. The lowest BCUT2D eigenvalue weighted by Crippen LogP contribution is -2.22. The lowest BCUT2D eigenvalue weighted by molar-refractivity contribution is 0.0695. The average Bonchev–Trinajstić information content (AvgIpc) is 2.44. The number of hydrogen-bond donors (Lipinski definition) is 2. The van der Waals surface area contributed by atoms with Gasteiger partial charge in [0.25, 0.3) is 0 Å². The van der Waals surface area contributed by atoms with Crippen molar-refractivity contribution in [3.8, 4) is 0 Å². The third-order valence-corrected chi connectivity index (χ3v) is 4.34. The van der Waals surface area contributed by atoms with E-state index in [4.69, 9.17) is 5.11 Å². The molecule has 0 saturated heterocycles. The molecule has 1 aromatic carbocycles. The second-order valence-electron chi connectivity index (χ2n) is 6.07. The number of aromatic carboxylic acids is 1. The van der Waals surface area contributed by atoms with Crippen LogP contribution in [0.1, 0.15) is 54.9 Å². The summed E-state index contributed by atoms with van der Waals surface area (Å²) in [5.74, 6) is 0.881. The SMILES string of the molecule is CC1CCCC(CCNCc2ccccc2C(=O)O)C1. The smallest absolute Gasteiger partial charge is 0.336 e. The Balaban J connectivity index is 1.74. The van der Waals surface area contributed by atoms with Gasteiger partial charge in [-0.15, -0.1) is 0 Å². The van der Waals surface area contributed by atoms with Gasteiger partial charge in [0.1, 0.15) is 0 Å². The predicted molar refractivity (Wildman–Crippen MR) is 80.8 cm³/mol. The van der Waals surface area contributed by atoms with Crippen LogP contribution in [0.25, 0.3) is 0 Å². The summed E-state index contributed by atoms with van der Waals surface area (Å²) in [4.78, 5) is 11.1. The molecule has 1 saturated carbocycles. The van der Waals surface area contributed by atoms with E-state index in [1.165, 1.54) is 32.1 Å². The number of rotatable bonds is 6.